The molecule has 1 saturated carbocycles. The zero-order valence-corrected chi connectivity index (χ0v) is 11.8. The van der Waals surface area contributed by atoms with Gasteiger partial charge in [-0.2, -0.15) is 0 Å². The zero-order valence-electron chi connectivity index (χ0n) is 11.8. The van der Waals surface area contributed by atoms with Crippen molar-refractivity contribution >= 4 is 5.91 Å². The minimum absolute atomic E-state index is 0.0153. The number of hydrogen-bond acceptors (Lipinski definition) is 3. The van der Waals surface area contributed by atoms with Crippen LogP contribution in [0.15, 0.2) is 0 Å². The summed E-state index contributed by atoms with van der Waals surface area (Å²) in [7, 11) is 0. The molecule has 0 bridgehead atoms. The van der Waals surface area contributed by atoms with Gasteiger partial charge in [-0.1, -0.05) is 6.92 Å². The molecule has 1 aliphatic carbocycles. The van der Waals surface area contributed by atoms with Gasteiger partial charge in [0, 0.05) is 12.6 Å². The third-order valence-electron chi connectivity index (χ3n) is 4.37. The number of nitrogens with two attached hydrogens (primary N) is 1. The van der Waals surface area contributed by atoms with E-state index in [-0.39, 0.29) is 30.0 Å². The predicted octanol–water partition coefficient (Wildman–Crippen LogP) is 1.39. The van der Waals surface area contributed by atoms with Gasteiger partial charge in [0.2, 0.25) is 5.91 Å². The lowest BCUT2D eigenvalue weighted by Gasteiger charge is -2.41. The topological polar surface area (TPSA) is 55.6 Å². The molecule has 2 fully saturated rings. The first-order chi connectivity index (χ1) is 8.49. The number of nitrogens with zero attached hydrogens (tertiary/aromatic N) is 1. The van der Waals surface area contributed by atoms with Crippen LogP contribution in [0.2, 0.25) is 0 Å². The Balaban J connectivity index is 2.04. The average Bonchev–Trinajstić information content (AvgIpc) is 2.34. The largest absolute Gasteiger partial charge is 0.375 e. The highest BCUT2D eigenvalue weighted by Crippen LogP contribution is 2.30. The molecule has 1 saturated heterocycles. The van der Waals surface area contributed by atoms with Gasteiger partial charge in [0.1, 0.15) is 0 Å². The van der Waals surface area contributed by atoms with E-state index in [2.05, 4.69) is 13.8 Å². The van der Waals surface area contributed by atoms with E-state index in [0.29, 0.717) is 19.1 Å². The second-order valence-electron chi connectivity index (χ2n) is 6.17. The fraction of sp³-hybridized carbons (Fsp3) is 0.929. The second-order valence-corrected chi connectivity index (χ2v) is 6.17. The predicted molar refractivity (Wildman–Crippen MR) is 71.1 cm³/mol. The van der Waals surface area contributed by atoms with Crippen LogP contribution in [-0.4, -0.2) is 42.1 Å². The molecule has 0 spiro atoms. The molecule has 0 aromatic heterocycles. The molecule has 4 heteroatoms. The molecule has 1 amide bonds. The van der Waals surface area contributed by atoms with Crippen LogP contribution in [0.4, 0.5) is 0 Å². The molecule has 2 N–H and O–H groups in total. The Morgan fingerprint density at radius 1 is 1.28 bits per heavy atom. The first kappa shape index (κ1) is 13.8. The standard InChI is InChI=1S/C14H26N2O2/c1-9-4-5-13(15)12(6-9)14(17)16-7-11(3)18-8-10(16)2/h9-13H,4-8,15H2,1-3H3. The fourth-order valence-corrected chi connectivity index (χ4v) is 3.11. The van der Waals surface area contributed by atoms with Crippen LogP contribution in [0.3, 0.4) is 0 Å². The van der Waals surface area contributed by atoms with Crippen molar-refractivity contribution in [3.8, 4) is 0 Å². The van der Waals surface area contributed by atoms with Crippen molar-refractivity contribution in [3.63, 3.8) is 0 Å². The van der Waals surface area contributed by atoms with E-state index in [1.807, 2.05) is 11.8 Å². The second kappa shape index (κ2) is 5.57. The number of rotatable bonds is 1. The molecule has 1 aliphatic heterocycles. The van der Waals surface area contributed by atoms with E-state index in [9.17, 15) is 4.79 Å². The van der Waals surface area contributed by atoms with Crippen LogP contribution in [-0.2, 0) is 9.53 Å². The van der Waals surface area contributed by atoms with Crippen LogP contribution < -0.4 is 5.73 Å². The zero-order chi connectivity index (χ0) is 13.3. The van der Waals surface area contributed by atoms with Crippen LogP contribution in [0.5, 0.6) is 0 Å². The fourth-order valence-electron chi connectivity index (χ4n) is 3.11. The van der Waals surface area contributed by atoms with Gasteiger partial charge >= 0.3 is 0 Å². The van der Waals surface area contributed by atoms with Gasteiger partial charge in [-0.3, -0.25) is 4.79 Å². The molecule has 2 rings (SSSR count). The minimum atomic E-state index is 0.0153. The van der Waals surface area contributed by atoms with E-state index >= 15 is 0 Å². The van der Waals surface area contributed by atoms with Crippen LogP contribution in [0.1, 0.15) is 40.0 Å². The SMILES string of the molecule is CC1CCC(N)C(C(=O)N2CC(C)OCC2C)C1. The van der Waals surface area contributed by atoms with Crippen molar-refractivity contribution in [2.45, 2.75) is 58.2 Å². The third kappa shape index (κ3) is 2.86. The Bertz CT molecular complexity index is 280. The Labute approximate surface area is 110 Å². The van der Waals surface area contributed by atoms with Crippen molar-refractivity contribution in [2.24, 2.45) is 17.6 Å². The average molecular weight is 254 g/mol. The molecule has 5 atom stereocenters. The molecular formula is C14H26N2O2. The summed E-state index contributed by atoms with van der Waals surface area (Å²) in [5.41, 5.74) is 6.15. The monoisotopic (exact) mass is 254 g/mol. The first-order valence-electron chi connectivity index (χ1n) is 7.16. The Hall–Kier alpha value is -0.610. The molecule has 0 radical (unpaired) electrons. The summed E-state index contributed by atoms with van der Waals surface area (Å²) < 4.78 is 5.58. The van der Waals surface area contributed by atoms with Crippen LogP contribution in [0, 0.1) is 11.8 Å². The van der Waals surface area contributed by atoms with Crippen molar-refractivity contribution in [3.05, 3.63) is 0 Å². The molecule has 1 heterocycles. The van der Waals surface area contributed by atoms with Gasteiger partial charge in [-0.05, 0) is 39.0 Å². The van der Waals surface area contributed by atoms with E-state index in [4.69, 9.17) is 10.5 Å². The summed E-state index contributed by atoms with van der Waals surface area (Å²) in [5, 5.41) is 0. The number of hydrogen-bond donors (Lipinski definition) is 1. The van der Waals surface area contributed by atoms with Gasteiger partial charge in [-0.15, -0.1) is 0 Å². The maximum Gasteiger partial charge on any atom is 0.227 e. The summed E-state index contributed by atoms with van der Waals surface area (Å²) >= 11 is 0. The van der Waals surface area contributed by atoms with Gasteiger partial charge in [0.15, 0.2) is 0 Å². The Kier molecular flexibility index (Phi) is 4.28. The summed E-state index contributed by atoms with van der Waals surface area (Å²) in [6, 6.07) is 0.220. The van der Waals surface area contributed by atoms with Gasteiger partial charge in [0.05, 0.1) is 24.7 Å². The van der Waals surface area contributed by atoms with E-state index in [1.54, 1.807) is 0 Å². The number of amides is 1. The number of ether oxygens (including phenoxy) is 1. The maximum atomic E-state index is 12.7. The Morgan fingerprint density at radius 3 is 2.72 bits per heavy atom. The summed E-state index contributed by atoms with van der Waals surface area (Å²) in [4.78, 5) is 14.6. The van der Waals surface area contributed by atoms with Crippen LogP contribution >= 0.6 is 0 Å². The maximum absolute atomic E-state index is 12.7. The molecular weight excluding hydrogens is 228 g/mol. The molecule has 4 nitrogen and oxygen atoms in total. The highest BCUT2D eigenvalue weighted by atomic mass is 16.5. The molecule has 2 aliphatic rings. The van der Waals surface area contributed by atoms with E-state index in [0.717, 1.165) is 19.3 Å². The van der Waals surface area contributed by atoms with Crippen molar-refractivity contribution in [2.75, 3.05) is 13.2 Å². The van der Waals surface area contributed by atoms with Gasteiger partial charge < -0.3 is 15.4 Å². The van der Waals surface area contributed by atoms with Crippen LogP contribution in [0.25, 0.3) is 0 Å². The van der Waals surface area contributed by atoms with Crippen molar-refractivity contribution in [1.82, 2.24) is 4.90 Å². The summed E-state index contributed by atoms with van der Waals surface area (Å²) in [5.74, 6) is 0.880. The lowest BCUT2D eigenvalue weighted by Crippen LogP contribution is -2.55. The smallest absolute Gasteiger partial charge is 0.227 e. The molecule has 0 aromatic rings. The lowest BCUT2D eigenvalue weighted by molar-refractivity contribution is -0.149. The van der Waals surface area contributed by atoms with Gasteiger partial charge in [0.25, 0.3) is 0 Å². The minimum Gasteiger partial charge on any atom is -0.375 e. The normalized spacial score (nSPS) is 41.8. The highest BCUT2D eigenvalue weighted by molar-refractivity contribution is 5.80. The number of carbonyl (C=O) groups is 1. The molecule has 5 unspecified atom stereocenters. The van der Waals surface area contributed by atoms with Gasteiger partial charge in [-0.25, -0.2) is 0 Å². The number of carbonyl (C=O) groups excluding carboxylic acids is 1. The highest BCUT2D eigenvalue weighted by Gasteiger charge is 2.37. The molecule has 0 aromatic carbocycles. The van der Waals surface area contributed by atoms with Crippen molar-refractivity contribution < 1.29 is 9.53 Å². The number of morpholine rings is 1. The molecule has 18 heavy (non-hydrogen) atoms. The molecule has 104 valence electrons. The first-order valence-corrected chi connectivity index (χ1v) is 7.16. The third-order valence-corrected chi connectivity index (χ3v) is 4.37. The Morgan fingerprint density at radius 2 is 2.00 bits per heavy atom. The lowest BCUT2D eigenvalue weighted by atomic mass is 9.78. The van der Waals surface area contributed by atoms with E-state index in [1.165, 1.54) is 0 Å². The quantitative estimate of drug-likeness (QED) is 0.769. The summed E-state index contributed by atoms with van der Waals surface area (Å²) in [6.45, 7) is 7.65. The van der Waals surface area contributed by atoms with Crippen molar-refractivity contribution in [1.29, 1.82) is 0 Å². The van der Waals surface area contributed by atoms with E-state index < -0.39 is 0 Å². The summed E-state index contributed by atoms with van der Waals surface area (Å²) in [6.07, 6.45) is 3.21.